The molecule has 1 saturated carbocycles. The minimum atomic E-state index is -0.876. The van der Waals surface area contributed by atoms with Gasteiger partial charge in [0.15, 0.2) is 0 Å². The second-order valence-corrected chi connectivity index (χ2v) is 7.59. The number of amides is 4. The highest BCUT2D eigenvalue weighted by atomic mass is 16.4. The summed E-state index contributed by atoms with van der Waals surface area (Å²) in [6.45, 7) is 1.03. The van der Waals surface area contributed by atoms with Crippen molar-refractivity contribution in [1.82, 2.24) is 20.9 Å². The fourth-order valence-corrected chi connectivity index (χ4v) is 3.39. The normalized spacial score (nSPS) is 19.7. The molecule has 8 heteroatoms. The van der Waals surface area contributed by atoms with Gasteiger partial charge in [-0.05, 0) is 37.7 Å². The molecule has 0 radical (unpaired) electrons. The van der Waals surface area contributed by atoms with Crippen LogP contribution in [0, 0.1) is 0 Å². The molecule has 2 atom stereocenters. The zero-order chi connectivity index (χ0) is 19.9. The maximum Gasteiger partial charge on any atom is 0.317 e. The third kappa shape index (κ3) is 6.44. The molecule has 0 aromatic heterocycles. The molecule has 1 aliphatic carbocycles. The lowest BCUT2D eigenvalue weighted by Crippen LogP contribution is -2.47. The first-order valence-corrected chi connectivity index (χ1v) is 9.88. The maximum atomic E-state index is 12.6. The number of rotatable bonds is 8. The van der Waals surface area contributed by atoms with Gasteiger partial charge in [-0.25, -0.2) is 9.59 Å². The number of hydrogen-bond acceptors (Lipinski definition) is 3. The van der Waals surface area contributed by atoms with Crippen LogP contribution in [0.4, 0.5) is 9.59 Å². The molecule has 3 rings (SSSR count). The smallest absolute Gasteiger partial charge is 0.317 e. The van der Waals surface area contributed by atoms with Crippen molar-refractivity contribution in [2.24, 2.45) is 0 Å². The Balaban J connectivity index is 1.49. The largest absolute Gasteiger partial charge is 0.481 e. The second-order valence-electron chi connectivity index (χ2n) is 7.59. The van der Waals surface area contributed by atoms with Gasteiger partial charge in [-0.3, -0.25) is 4.79 Å². The molecule has 0 bridgehead atoms. The molecule has 1 aromatic carbocycles. The van der Waals surface area contributed by atoms with Crippen molar-refractivity contribution in [3.63, 3.8) is 0 Å². The first-order valence-electron chi connectivity index (χ1n) is 9.88. The fourth-order valence-electron chi connectivity index (χ4n) is 3.39. The summed E-state index contributed by atoms with van der Waals surface area (Å²) >= 11 is 0. The predicted octanol–water partition coefficient (Wildman–Crippen LogP) is 1.71. The van der Waals surface area contributed by atoms with E-state index < -0.39 is 5.97 Å². The average Bonchev–Trinajstić information content (AvgIpc) is 3.35. The molecule has 4 N–H and O–H groups in total. The van der Waals surface area contributed by atoms with Crippen LogP contribution >= 0.6 is 0 Å². The molecule has 1 aromatic rings. The number of nitrogens with zero attached hydrogens (tertiary/aromatic N) is 1. The molecule has 2 aliphatic rings. The van der Waals surface area contributed by atoms with Crippen molar-refractivity contribution in [3.05, 3.63) is 35.9 Å². The van der Waals surface area contributed by atoms with Gasteiger partial charge in [0, 0.05) is 37.6 Å². The molecule has 0 spiro atoms. The van der Waals surface area contributed by atoms with Gasteiger partial charge >= 0.3 is 18.0 Å². The van der Waals surface area contributed by atoms with Crippen molar-refractivity contribution < 1.29 is 19.5 Å². The topological polar surface area (TPSA) is 111 Å². The molecular weight excluding hydrogens is 360 g/mol. The molecule has 1 aliphatic heterocycles. The Kier molecular flexibility index (Phi) is 6.73. The van der Waals surface area contributed by atoms with E-state index in [2.05, 4.69) is 16.0 Å². The van der Waals surface area contributed by atoms with E-state index in [1.165, 1.54) is 0 Å². The van der Waals surface area contributed by atoms with Crippen LogP contribution in [0.25, 0.3) is 0 Å². The van der Waals surface area contributed by atoms with Crippen molar-refractivity contribution >= 4 is 18.0 Å². The highest BCUT2D eigenvalue weighted by molar-refractivity contribution is 5.77. The van der Waals surface area contributed by atoms with Gasteiger partial charge in [0.2, 0.25) is 0 Å². The number of carbonyl (C=O) groups excluding carboxylic acids is 2. The van der Waals surface area contributed by atoms with Crippen molar-refractivity contribution in [1.29, 1.82) is 0 Å². The van der Waals surface area contributed by atoms with Crippen molar-refractivity contribution in [2.75, 3.05) is 13.1 Å². The minimum Gasteiger partial charge on any atom is -0.481 e. The second kappa shape index (κ2) is 9.43. The number of nitrogens with one attached hydrogen (secondary N) is 3. The Hall–Kier alpha value is -2.77. The van der Waals surface area contributed by atoms with Crippen LogP contribution in [-0.2, 0) is 11.2 Å². The van der Waals surface area contributed by atoms with Crippen LogP contribution in [0.15, 0.2) is 30.3 Å². The number of urea groups is 2. The van der Waals surface area contributed by atoms with E-state index in [9.17, 15) is 14.4 Å². The molecule has 1 heterocycles. The van der Waals surface area contributed by atoms with Gasteiger partial charge in [-0.15, -0.1) is 0 Å². The van der Waals surface area contributed by atoms with E-state index in [4.69, 9.17) is 5.11 Å². The van der Waals surface area contributed by atoms with Gasteiger partial charge in [0.1, 0.15) is 0 Å². The molecule has 152 valence electrons. The summed E-state index contributed by atoms with van der Waals surface area (Å²) in [6, 6.07) is 9.31. The number of hydrogen-bond donors (Lipinski definition) is 4. The number of aliphatic carboxylic acids is 1. The lowest BCUT2D eigenvalue weighted by molar-refractivity contribution is -0.137. The van der Waals surface area contributed by atoms with Gasteiger partial charge in [0.05, 0.1) is 0 Å². The number of benzene rings is 1. The summed E-state index contributed by atoms with van der Waals surface area (Å²) in [5.41, 5.74) is 1.05. The summed E-state index contributed by atoms with van der Waals surface area (Å²) in [6.07, 6.45) is 3.74. The molecule has 1 saturated heterocycles. The van der Waals surface area contributed by atoms with E-state index in [0.29, 0.717) is 38.4 Å². The van der Waals surface area contributed by atoms with Crippen LogP contribution in [0.2, 0.25) is 0 Å². The van der Waals surface area contributed by atoms with E-state index in [1.807, 2.05) is 30.3 Å². The summed E-state index contributed by atoms with van der Waals surface area (Å²) < 4.78 is 0. The van der Waals surface area contributed by atoms with Gasteiger partial charge in [0.25, 0.3) is 0 Å². The Morgan fingerprint density at radius 2 is 1.79 bits per heavy atom. The van der Waals surface area contributed by atoms with E-state index >= 15 is 0 Å². The Labute approximate surface area is 164 Å². The lowest BCUT2D eigenvalue weighted by Gasteiger charge is -2.23. The minimum absolute atomic E-state index is 0.00327. The number of carboxylic acids is 1. The van der Waals surface area contributed by atoms with Gasteiger partial charge in [-0.1, -0.05) is 30.3 Å². The Bertz CT molecular complexity index is 693. The number of carbonyl (C=O) groups is 3. The molecule has 2 unspecified atom stereocenters. The highest BCUT2D eigenvalue weighted by Crippen LogP contribution is 2.18. The van der Waals surface area contributed by atoms with Crippen LogP contribution in [0.5, 0.6) is 0 Å². The quantitative estimate of drug-likeness (QED) is 0.543. The number of likely N-dealkylation sites (tertiary alicyclic amines) is 1. The van der Waals surface area contributed by atoms with Crippen molar-refractivity contribution in [2.45, 2.75) is 56.7 Å². The molecule has 8 nitrogen and oxygen atoms in total. The summed E-state index contributed by atoms with van der Waals surface area (Å²) in [7, 11) is 0. The standard InChI is InChI=1S/C20H28N4O4/c25-18(26)9-8-16(12-14-4-2-1-3-5-14)23-20(28)24-11-10-17(13-24)22-19(27)21-15-6-7-15/h1-5,15-17H,6-13H2,(H,23,28)(H,25,26)(H2,21,22,27). The zero-order valence-electron chi connectivity index (χ0n) is 15.9. The lowest BCUT2D eigenvalue weighted by atomic mass is 10.0. The average molecular weight is 388 g/mol. The number of carboxylic acid groups (broad SMARTS) is 1. The van der Waals surface area contributed by atoms with Gasteiger partial charge < -0.3 is 26.0 Å². The van der Waals surface area contributed by atoms with E-state index in [-0.39, 0.29) is 30.6 Å². The van der Waals surface area contributed by atoms with Crippen LogP contribution in [-0.4, -0.2) is 59.3 Å². The Morgan fingerprint density at radius 1 is 1.07 bits per heavy atom. The maximum absolute atomic E-state index is 12.6. The van der Waals surface area contributed by atoms with Crippen LogP contribution < -0.4 is 16.0 Å². The van der Waals surface area contributed by atoms with Crippen molar-refractivity contribution in [3.8, 4) is 0 Å². The first-order chi connectivity index (χ1) is 13.5. The first kappa shape index (κ1) is 20.0. The zero-order valence-corrected chi connectivity index (χ0v) is 15.9. The SMILES string of the molecule is O=C(O)CCC(Cc1ccccc1)NC(=O)N1CCC(NC(=O)NC2CC2)C1. The fraction of sp³-hybridized carbons (Fsp3) is 0.550. The summed E-state index contributed by atoms with van der Waals surface area (Å²) in [5, 5.41) is 17.8. The van der Waals surface area contributed by atoms with E-state index in [0.717, 1.165) is 18.4 Å². The van der Waals surface area contributed by atoms with Crippen LogP contribution in [0.1, 0.15) is 37.7 Å². The molecule has 2 fully saturated rings. The third-order valence-electron chi connectivity index (χ3n) is 5.08. The molecular formula is C20H28N4O4. The van der Waals surface area contributed by atoms with E-state index in [1.54, 1.807) is 4.90 Å². The summed E-state index contributed by atoms with van der Waals surface area (Å²) in [5.74, 6) is -0.876. The molecule has 28 heavy (non-hydrogen) atoms. The summed E-state index contributed by atoms with van der Waals surface area (Å²) in [4.78, 5) is 37.1. The van der Waals surface area contributed by atoms with Gasteiger partial charge in [-0.2, -0.15) is 0 Å². The molecule has 4 amide bonds. The Morgan fingerprint density at radius 3 is 2.46 bits per heavy atom. The predicted molar refractivity (Wildman–Crippen MR) is 104 cm³/mol. The van der Waals surface area contributed by atoms with Crippen LogP contribution in [0.3, 0.4) is 0 Å². The monoisotopic (exact) mass is 388 g/mol. The highest BCUT2D eigenvalue weighted by Gasteiger charge is 2.30. The third-order valence-corrected chi connectivity index (χ3v) is 5.08.